The van der Waals surface area contributed by atoms with Crippen LogP contribution in [-0.2, 0) is 6.54 Å². The molecule has 0 amide bonds. The molecule has 1 aromatic carbocycles. The molecule has 0 aliphatic rings. The Kier molecular flexibility index (Phi) is 5.02. The van der Waals surface area contributed by atoms with E-state index in [4.69, 9.17) is 0 Å². The predicted molar refractivity (Wildman–Crippen MR) is 85.8 cm³/mol. The molecule has 0 unspecified atom stereocenters. The molecule has 0 bridgehead atoms. The molecule has 0 aliphatic carbocycles. The summed E-state index contributed by atoms with van der Waals surface area (Å²) in [6.07, 6.45) is 0.337. The van der Waals surface area contributed by atoms with E-state index in [1.165, 1.54) is 4.88 Å². The van der Waals surface area contributed by atoms with Crippen molar-refractivity contribution < 1.29 is 5.11 Å². The minimum absolute atomic E-state index is 0.395. The first-order valence-corrected chi connectivity index (χ1v) is 8.00. The standard InChI is InChI=1S/C15H18BrNOS/c1-3-15(18)13-6-4-5-7-14(13)17(2)9-12-8-11(16)10-19-12/h4-8,10,15,18H,3,9H2,1-2H3/t15-/m0/s1. The van der Waals surface area contributed by atoms with Crippen LogP contribution in [0.2, 0.25) is 0 Å². The summed E-state index contributed by atoms with van der Waals surface area (Å²) in [5.74, 6) is 0. The number of aliphatic hydroxyl groups excluding tert-OH is 1. The summed E-state index contributed by atoms with van der Waals surface area (Å²) >= 11 is 5.22. The molecule has 1 atom stereocenters. The Hall–Kier alpha value is -0.840. The molecule has 0 saturated heterocycles. The van der Waals surface area contributed by atoms with Gasteiger partial charge in [0.05, 0.1) is 12.6 Å². The second-order valence-electron chi connectivity index (χ2n) is 4.57. The molecule has 0 fully saturated rings. The largest absolute Gasteiger partial charge is 0.388 e. The molecule has 19 heavy (non-hydrogen) atoms. The van der Waals surface area contributed by atoms with Gasteiger partial charge in [-0.05, 0) is 34.5 Å². The maximum Gasteiger partial charge on any atom is 0.0807 e. The van der Waals surface area contributed by atoms with Crippen LogP contribution in [0.25, 0.3) is 0 Å². The van der Waals surface area contributed by atoms with E-state index in [0.29, 0.717) is 0 Å². The van der Waals surface area contributed by atoms with Gasteiger partial charge < -0.3 is 10.0 Å². The fourth-order valence-corrected chi connectivity index (χ4v) is 3.60. The molecule has 2 aromatic rings. The summed E-state index contributed by atoms with van der Waals surface area (Å²) in [6.45, 7) is 2.85. The van der Waals surface area contributed by atoms with E-state index in [1.807, 2.05) is 25.1 Å². The van der Waals surface area contributed by atoms with Gasteiger partial charge >= 0.3 is 0 Å². The Morgan fingerprint density at radius 1 is 1.37 bits per heavy atom. The van der Waals surface area contributed by atoms with Gasteiger partial charge in [0.2, 0.25) is 0 Å². The lowest BCUT2D eigenvalue weighted by molar-refractivity contribution is 0.174. The molecular formula is C15H18BrNOS. The van der Waals surface area contributed by atoms with Crippen LogP contribution >= 0.6 is 27.3 Å². The Labute approximate surface area is 126 Å². The number of halogens is 1. The second-order valence-corrected chi connectivity index (χ2v) is 6.48. The summed E-state index contributed by atoms with van der Waals surface area (Å²) in [5.41, 5.74) is 2.10. The summed E-state index contributed by atoms with van der Waals surface area (Å²) in [5, 5.41) is 12.2. The molecule has 0 spiro atoms. The molecule has 1 aromatic heterocycles. The molecular weight excluding hydrogens is 322 g/mol. The van der Waals surface area contributed by atoms with Crippen molar-refractivity contribution in [2.45, 2.75) is 26.0 Å². The number of hydrogen-bond donors (Lipinski definition) is 1. The molecule has 0 saturated carbocycles. The van der Waals surface area contributed by atoms with Crippen LogP contribution < -0.4 is 4.90 Å². The normalized spacial score (nSPS) is 12.4. The average molecular weight is 340 g/mol. The fraction of sp³-hybridized carbons (Fsp3) is 0.333. The zero-order valence-corrected chi connectivity index (χ0v) is 13.5. The third kappa shape index (κ3) is 3.59. The van der Waals surface area contributed by atoms with Gasteiger partial charge in [-0.1, -0.05) is 25.1 Å². The van der Waals surface area contributed by atoms with Crippen molar-refractivity contribution in [1.82, 2.24) is 0 Å². The van der Waals surface area contributed by atoms with Crippen molar-refractivity contribution >= 4 is 33.0 Å². The molecule has 102 valence electrons. The Morgan fingerprint density at radius 2 is 2.11 bits per heavy atom. The lowest BCUT2D eigenvalue weighted by atomic mass is 10.0. The van der Waals surface area contributed by atoms with E-state index >= 15 is 0 Å². The third-order valence-corrected chi connectivity index (χ3v) is 4.79. The van der Waals surface area contributed by atoms with Crippen LogP contribution in [-0.4, -0.2) is 12.2 Å². The Morgan fingerprint density at radius 3 is 2.74 bits per heavy atom. The van der Waals surface area contributed by atoms with Crippen LogP contribution in [0.15, 0.2) is 40.2 Å². The van der Waals surface area contributed by atoms with Crippen molar-refractivity contribution in [1.29, 1.82) is 0 Å². The van der Waals surface area contributed by atoms with Crippen LogP contribution in [0.1, 0.15) is 29.9 Å². The molecule has 0 aliphatic heterocycles. The van der Waals surface area contributed by atoms with E-state index in [0.717, 1.165) is 28.7 Å². The molecule has 1 heterocycles. The SMILES string of the molecule is CC[C@H](O)c1ccccc1N(C)Cc1cc(Br)cs1. The third-order valence-electron chi connectivity index (χ3n) is 3.11. The van der Waals surface area contributed by atoms with E-state index in [2.05, 4.69) is 45.4 Å². The first kappa shape index (κ1) is 14.6. The summed E-state index contributed by atoms with van der Waals surface area (Å²) in [6, 6.07) is 10.2. The Bertz CT molecular complexity index is 540. The minimum Gasteiger partial charge on any atom is -0.388 e. The van der Waals surface area contributed by atoms with Crippen molar-refractivity contribution in [3.63, 3.8) is 0 Å². The van der Waals surface area contributed by atoms with Gasteiger partial charge in [0.15, 0.2) is 0 Å². The van der Waals surface area contributed by atoms with Gasteiger partial charge in [0.25, 0.3) is 0 Å². The van der Waals surface area contributed by atoms with Crippen molar-refractivity contribution in [2.75, 3.05) is 11.9 Å². The number of hydrogen-bond acceptors (Lipinski definition) is 3. The maximum absolute atomic E-state index is 10.1. The topological polar surface area (TPSA) is 23.5 Å². The van der Waals surface area contributed by atoms with E-state index < -0.39 is 6.10 Å². The summed E-state index contributed by atoms with van der Waals surface area (Å²) in [7, 11) is 2.06. The van der Waals surface area contributed by atoms with Crippen molar-refractivity contribution in [3.8, 4) is 0 Å². The van der Waals surface area contributed by atoms with Gasteiger partial charge in [-0.2, -0.15) is 0 Å². The fourth-order valence-electron chi connectivity index (χ4n) is 2.09. The number of nitrogens with zero attached hydrogens (tertiary/aromatic N) is 1. The maximum atomic E-state index is 10.1. The van der Waals surface area contributed by atoms with Gasteiger partial charge in [0.1, 0.15) is 0 Å². The molecule has 2 nitrogen and oxygen atoms in total. The van der Waals surface area contributed by atoms with Crippen LogP contribution in [0.3, 0.4) is 0 Å². The number of aliphatic hydroxyl groups is 1. The first-order chi connectivity index (χ1) is 9.11. The molecule has 4 heteroatoms. The monoisotopic (exact) mass is 339 g/mol. The van der Waals surface area contributed by atoms with Gasteiger partial charge in [-0.15, -0.1) is 11.3 Å². The van der Waals surface area contributed by atoms with E-state index in [-0.39, 0.29) is 0 Å². The zero-order valence-electron chi connectivity index (χ0n) is 11.1. The zero-order chi connectivity index (χ0) is 13.8. The highest BCUT2D eigenvalue weighted by molar-refractivity contribution is 9.10. The highest BCUT2D eigenvalue weighted by Gasteiger charge is 2.13. The van der Waals surface area contributed by atoms with Crippen LogP contribution in [0.5, 0.6) is 0 Å². The lowest BCUT2D eigenvalue weighted by Crippen LogP contribution is -2.18. The molecule has 2 rings (SSSR count). The average Bonchev–Trinajstić information content (AvgIpc) is 2.83. The number of anilines is 1. The number of rotatable bonds is 5. The minimum atomic E-state index is -0.395. The van der Waals surface area contributed by atoms with Gasteiger partial charge in [-0.25, -0.2) is 0 Å². The highest BCUT2D eigenvalue weighted by atomic mass is 79.9. The van der Waals surface area contributed by atoms with E-state index in [1.54, 1.807) is 11.3 Å². The van der Waals surface area contributed by atoms with E-state index in [9.17, 15) is 5.11 Å². The highest BCUT2D eigenvalue weighted by Crippen LogP contribution is 2.29. The molecule has 1 N–H and O–H groups in total. The van der Waals surface area contributed by atoms with Crippen LogP contribution in [0.4, 0.5) is 5.69 Å². The van der Waals surface area contributed by atoms with Gasteiger partial charge in [-0.3, -0.25) is 0 Å². The number of thiophene rings is 1. The smallest absolute Gasteiger partial charge is 0.0807 e. The predicted octanol–water partition coefficient (Wildman–Crippen LogP) is 4.59. The number of benzene rings is 1. The lowest BCUT2D eigenvalue weighted by Gasteiger charge is -2.23. The van der Waals surface area contributed by atoms with Gasteiger partial charge in [0, 0.05) is 33.0 Å². The Balaban J connectivity index is 2.21. The molecule has 0 radical (unpaired) electrons. The van der Waals surface area contributed by atoms with Crippen LogP contribution in [0, 0.1) is 0 Å². The second kappa shape index (κ2) is 6.55. The van der Waals surface area contributed by atoms with Crippen molar-refractivity contribution in [2.24, 2.45) is 0 Å². The van der Waals surface area contributed by atoms with Crippen molar-refractivity contribution in [3.05, 3.63) is 50.6 Å². The quantitative estimate of drug-likeness (QED) is 0.860. The summed E-state index contributed by atoms with van der Waals surface area (Å²) < 4.78 is 1.13. The first-order valence-electron chi connectivity index (χ1n) is 6.33. The number of para-hydroxylation sites is 1. The summed E-state index contributed by atoms with van der Waals surface area (Å²) in [4.78, 5) is 3.49.